The van der Waals surface area contributed by atoms with Crippen LogP contribution in [-0.2, 0) is 4.74 Å². The molecule has 1 N–H and O–H groups in total. The number of nitrogens with zero attached hydrogens (tertiary/aromatic N) is 4. The highest BCUT2D eigenvalue weighted by molar-refractivity contribution is 5.37. The van der Waals surface area contributed by atoms with Gasteiger partial charge in [-0.3, -0.25) is 0 Å². The van der Waals surface area contributed by atoms with E-state index in [-0.39, 0.29) is 0 Å². The van der Waals surface area contributed by atoms with Crippen molar-refractivity contribution >= 4 is 11.9 Å². The van der Waals surface area contributed by atoms with Crippen molar-refractivity contribution in [2.45, 2.75) is 20.3 Å². The first kappa shape index (κ1) is 15.4. The number of rotatable bonds is 9. The fraction of sp³-hybridized carbons (Fsp3) is 0.750. The van der Waals surface area contributed by atoms with Crippen molar-refractivity contribution in [3.63, 3.8) is 0 Å². The van der Waals surface area contributed by atoms with Crippen LogP contribution in [-0.4, -0.2) is 55.4 Å². The summed E-state index contributed by atoms with van der Waals surface area (Å²) in [6, 6.07) is 0.312. The molecular formula is C12H23N5O2. The zero-order chi connectivity index (χ0) is 14.1. The fourth-order valence-electron chi connectivity index (χ4n) is 1.37. The summed E-state index contributed by atoms with van der Waals surface area (Å²) in [5, 5.41) is 3.13. The van der Waals surface area contributed by atoms with Crippen LogP contribution in [0.2, 0.25) is 0 Å². The van der Waals surface area contributed by atoms with Crippen molar-refractivity contribution in [1.82, 2.24) is 15.0 Å². The van der Waals surface area contributed by atoms with E-state index >= 15 is 0 Å². The second-order valence-electron chi connectivity index (χ2n) is 3.99. The van der Waals surface area contributed by atoms with Crippen LogP contribution < -0.4 is 15.0 Å². The molecule has 0 fully saturated rings. The third-order valence-electron chi connectivity index (χ3n) is 2.44. The summed E-state index contributed by atoms with van der Waals surface area (Å²) in [4.78, 5) is 14.6. The van der Waals surface area contributed by atoms with Gasteiger partial charge in [-0.25, -0.2) is 0 Å². The molecule has 0 spiro atoms. The van der Waals surface area contributed by atoms with Gasteiger partial charge < -0.3 is 19.7 Å². The molecule has 0 amide bonds. The van der Waals surface area contributed by atoms with E-state index in [1.54, 1.807) is 7.11 Å². The van der Waals surface area contributed by atoms with Gasteiger partial charge in [0.1, 0.15) is 0 Å². The van der Waals surface area contributed by atoms with Crippen molar-refractivity contribution in [2.75, 3.05) is 50.7 Å². The van der Waals surface area contributed by atoms with Gasteiger partial charge >= 0.3 is 6.01 Å². The first-order chi connectivity index (χ1) is 9.21. The minimum absolute atomic E-state index is 0.312. The Labute approximate surface area is 114 Å². The Morgan fingerprint density at radius 2 is 2.00 bits per heavy atom. The quantitative estimate of drug-likeness (QED) is 0.675. The van der Waals surface area contributed by atoms with Gasteiger partial charge in [0.15, 0.2) is 0 Å². The van der Waals surface area contributed by atoms with E-state index in [1.807, 2.05) is 18.9 Å². The minimum atomic E-state index is 0.312. The number of anilines is 2. The Balaban J connectivity index is 2.74. The highest BCUT2D eigenvalue weighted by Crippen LogP contribution is 2.13. The molecule has 0 aliphatic rings. The lowest BCUT2D eigenvalue weighted by molar-refractivity contribution is 0.154. The molecule has 0 bridgehead atoms. The number of aromatic nitrogens is 3. The van der Waals surface area contributed by atoms with Gasteiger partial charge in [0.05, 0.1) is 13.7 Å². The number of likely N-dealkylation sites (N-methyl/N-ethyl adjacent to an activating group) is 1. The Morgan fingerprint density at radius 3 is 2.63 bits per heavy atom. The molecule has 7 nitrogen and oxygen atoms in total. The van der Waals surface area contributed by atoms with Crippen LogP contribution in [0.15, 0.2) is 0 Å². The van der Waals surface area contributed by atoms with E-state index in [0.29, 0.717) is 37.7 Å². The molecular weight excluding hydrogens is 246 g/mol. The van der Waals surface area contributed by atoms with E-state index in [9.17, 15) is 0 Å². The zero-order valence-electron chi connectivity index (χ0n) is 12.1. The maximum atomic E-state index is 5.32. The van der Waals surface area contributed by atoms with Crippen molar-refractivity contribution in [3.05, 3.63) is 0 Å². The smallest absolute Gasteiger partial charge is 0.322 e. The van der Waals surface area contributed by atoms with Crippen molar-refractivity contribution in [3.8, 4) is 6.01 Å². The predicted molar refractivity (Wildman–Crippen MR) is 74.9 cm³/mol. The number of hydrogen-bond acceptors (Lipinski definition) is 7. The molecule has 1 rings (SSSR count). The van der Waals surface area contributed by atoms with Crippen LogP contribution in [0, 0.1) is 0 Å². The van der Waals surface area contributed by atoms with Crippen molar-refractivity contribution < 1.29 is 9.47 Å². The Kier molecular flexibility index (Phi) is 6.88. The fourth-order valence-corrected chi connectivity index (χ4v) is 1.37. The first-order valence-corrected chi connectivity index (χ1v) is 6.54. The lowest BCUT2D eigenvalue weighted by atomic mass is 10.5. The summed E-state index contributed by atoms with van der Waals surface area (Å²) >= 11 is 0. The molecule has 0 aromatic carbocycles. The molecule has 1 heterocycles. The standard InChI is InChI=1S/C12H23N5O2/c1-5-7-13-10-14-11(16-12(15-10)18-4)17(3)8-9-19-6-2/h5-9H2,1-4H3,(H,13,14,15,16). The summed E-state index contributed by atoms with van der Waals surface area (Å²) in [7, 11) is 3.46. The molecule has 0 unspecified atom stereocenters. The summed E-state index contributed by atoms with van der Waals surface area (Å²) < 4.78 is 10.4. The topological polar surface area (TPSA) is 72.4 Å². The molecule has 0 saturated carbocycles. The minimum Gasteiger partial charge on any atom is -0.467 e. The lowest BCUT2D eigenvalue weighted by Gasteiger charge is -2.17. The summed E-state index contributed by atoms with van der Waals surface area (Å²) in [6.07, 6.45) is 1.00. The Hall–Kier alpha value is -1.63. The third kappa shape index (κ3) is 5.25. The van der Waals surface area contributed by atoms with Gasteiger partial charge in [0.2, 0.25) is 11.9 Å². The average molecular weight is 269 g/mol. The molecule has 0 saturated heterocycles. The highest BCUT2D eigenvalue weighted by Gasteiger charge is 2.10. The number of methoxy groups -OCH3 is 1. The van der Waals surface area contributed by atoms with Crippen molar-refractivity contribution in [2.24, 2.45) is 0 Å². The first-order valence-electron chi connectivity index (χ1n) is 6.54. The zero-order valence-corrected chi connectivity index (χ0v) is 12.1. The van der Waals surface area contributed by atoms with E-state index in [1.165, 1.54) is 0 Å². The van der Waals surface area contributed by atoms with Gasteiger partial charge in [-0.2, -0.15) is 15.0 Å². The van der Waals surface area contributed by atoms with E-state index < -0.39 is 0 Å². The maximum Gasteiger partial charge on any atom is 0.322 e. The molecule has 0 aliphatic carbocycles. The van der Waals surface area contributed by atoms with Crippen LogP contribution in [0.25, 0.3) is 0 Å². The van der Waals surface area contributed by atoms with Gasteiger partial charge in [0.25, 0.3) is 0 Å². The van der Waals surface area contributed by atoms with Gasteiger partial charge in [0, 0.05) is 26.7 Å². The largest absolute Gasteiger partial charge is 0.467 e. The second-order valence-corrected chi connectivity index (χ2v) is 3.99. The summed E-state index contributed by atoms with van der Waals surface area (Å²) in [6.45, 7) is 6.93. The normalized spacial score (nSPS) is 10.3. The number of nitrogens with one attached hydrogen (secondary N) is 1. The summed E-state index contributed by atoms with van der Waals surface area (Å²) in [5.41, 5.74) is 0. The molecule has 7 heteroatoms. The molecule has 0 aliphatic heterocycles. The molecule has 0 atom stereocenters. The lowest BCUT2D eigenvalue weighted by Crippen LogP contribution is -2.25. The van der Waals surface area contributed by atoms with Crippen LogP contribution in [0.3, 0.4) is 0 Å². The Bertz CT molecular complexity index is 375. The third-order valence-corrected chi connectivity index (χ3v) is 2.44. The monoisotopic (exact) mass is 269 g/mol. The average Bonchev–Trinajstić information content (AvgIpc) is 2.44. The van der Waals surface area contributed by atoms with Gasteiger partial charge in [-0.15, -0.1) is 0 Å². The van der Waals surface area contributed by atoms with E-state index in [4.69, 9.17) is 9.47 Å². The van der Waals surface area contributed by atoms with E-state index in [2.05, 4.69) is 27.2 Å². The molecule has 0 radical (unpaired) electrons. The van der Waals surface area contributed by atoms with Crippen molar-refractivity contribution in [1.29, 1.82) is 0 Å². The Morgan fingerprint density at radius 1 is 1.21 bits per heavy atom. The molecule has 1 aromatic heterocycles. The molecule has 108 valence electrons. The van der Waals surface area contributed by atoms with Gasteiger partial charge in [-0.1, -0.05) is 6.92 Å². The number of hydrogen-bond donors (Lipinski definition) is 1. The maximum absolute atomic E-state index is 5.32. The van der Waals surface area contributed by atoms with Gasteiger partial charge in [-0.05, 0) is 13.3 Å². The molecule has 19 heavy (non-hydrogen) atoms. The summed E-state index contributed by atoms with van der Waals surface area (Å²) in [5.74, 6) is 1.11. The van der Waals surface area contributed by atoms with Crippen LogP contribution >= 0.6 is 0 Å². The van der Waals surface area contributed by atoms with E-state index in [0.717, 1.165) is 13.0 Å². The number of ether oxygens (including phenoxy) is 2. The second kappa shape index (κ2) is 8.47. The predicted octanol–water partition coefficient (Wildman–Crippen LogP) is 1.17. The highest BCUT2D eigenvalue weighted by atomic mass is 16.5. The molecule has 1 aromatic rings. The van der Waals surface area contributed by atoms with Crippen LogP contribution in [0.5, 0.6) is 6.01 Å². The van der Waals surface area contributed by atoms with Crippen LogP contribution in [0.1, 0.15) is 20.3 Å². The SMILES string of the molecule is CCCNc1nc(OC)nc(N(C)CCOCC)n1. The van der Waals surface area contributed by atoms with Crippen LogP contribution in [0.4, 0.5) is 11.9 Å².